The van der Waals surface area contributed by atoms with Crippen molar-refractivity contribution < 1.29 is 0 Å². The van der Waals surface area contributed by atoms with Gasteiger partial charge < -0.3 is 4.98 Å². The van der Waals surface area contributed by atoms with Gasteiger partial charge in [-0.15, -0.1) is 22.7 Å². The number of aromatic nitrogens is 2. The number of fused-ring (bicyclic) bond motifs is 1. The lowest BCUT2D eigenvalue weighted by Gasteiger charge is -2.00. The highest BCUT2D eigenvalue weighted by molar-refractivity contribution is 7.99. The first kappa shape index (κ1) is 15.3. The summed E-state index contributed by atoms with van der Waals surface area (Å²) in [6.07, 6.45) is 1.33. The number of nitrogens with one attached hydrogen (secondary N) is 1. The predicted octanol–water partition coefficient (Wildman–Crippen LogP) is 4.42. The van der Waals surface area contributed by atoms with E-state index in [0.717, 1.165) is 32.3 Å². The van der Waals surface area contributed by atoms with Gasteiger partial charge in [0.05, 0.1) is 11.5 Å². The zero-order valence-corrected chi connectivity index (χ0v) is 14.3. The van der Waals surface area contributed by atoms with E-state index >= 15 is 0 Å². The van der Waals surface area contributed by atoms with Crippen LogP contribution in [0.25, 0.3) is 20.7 Å². The summed E-state index contributed by atoms with van der Waals surface area (Å²) in [6, 6.07) is 6.14. The first-order chi connectivity index (χ1) is 10.7. The van der Waals surface area contributed by atoms with Crippen LogP contribution in [0.4, 0.5) is 0 Å². The molecule has 0 aliphatic carbocycles. The number of hydrogen-bond acceptors (Lipinski definition) is 6. The number of nitrogens with zero attached hydrogens (tertiary/aromatic N) is 2. The molecule has 0 spiro atoms. The first-order valence-electron chi connectivity index (χ1n) is 6.77. The molecule has 1 N–H and O–H groups in total. The molecule has 0 bridgehead atoms. The van der Waals surface area contributed by atoms with Crippen LogP contribution >= 0.6 is 34.4 Å². The highest BCUT2D eigenvalue weighted by atomic mass is 32.2. The van der Waals surface area contributed by atoms with E-state index in [0.29, 0.717) is 17.0 Å². The van der Waals surface area contributed by atoms with E-state index in [4.69, 9.17) is 5.26 Å². The third kappa shape index (κ3) is 2.95. The van der Waals surface area contributed by atoms with Gasteiger partial charge in [0.25, 0.3) is 5.56 Å². The van der Waals surface area contributed by atoms with Crippen LogP contribution in [0.2, 0.25) is 0 Å². The van der Waals surface area contributed by atoms with Crippen LogP contribution in [0.5, 0.6) is 0 Å². The monoisotopic (exact) mass is 347 g/mol. The summed E-state index contributed by atoms with van der Waals surface area (Å²) in [7, 11) is 0. The number of rotatable bonds is 5. The van der Waals surface area contributed by atoms with E-state index in [2.05, 4.69) is 16.0 Å². The molecular formula is C15H13N3OS3. The molecule has 3 aromatic heterocycles. The Morgan fingerprint density at radius 1 is 1.50 bits per heavy atom. The van der Waals surface area contributed by atoms with Gasteiger partial charge >= 0.3 is 0 Å². The maximum atomic E-state index is 12.5. The molecule has 3 aromatic rings. The van der Waals surface area contributed by atoms with Crippen LogP contribution in [0, 0.1) is 18.3 Å². The SMILES string of the molecule is Cc1sc2nc(SCCCC#N)[nH]c(=O)c2c1-c1cccs1. The number of thiophene rings is 2. The maximum Gasteiger partial charge on any atom is 0.260 e. The topological polar surface area (TPSA) is 69.5 Å². The van der Waals surface area contributed by atoms with Crippen LogP contribution < -0.4 is 5.56 Å². The van der Waals surface area contributed by atoms with Gasteiger partial charge in [-0.1, -0.05) is 17.8 Å². The molecule has 7 heteroatoms. The van der Waals surface area contributed by atoms with Crippen LogP contribution in [0.3, 0.4) is 0 Å². The quantitative estimate of drug-likeness (QED) is 0.421. The molecule has 3 rings (SSSR count). The molecule has 0 radical (unpaired) electrons. The van der Waals surface area contributed by atoms with Gasteiger partial charge in [0, 0.05) is 27.5 Å². The lowest BCUT2D eigenvalue weighted by atomic mass is 10.1. The van der Waals surface area contributed by atoms with Gasteiger partial charge in [-0.2, -0.15) is 5.26 Å². The number of H-pyrrole nitrogens is 1. The van der Waals surface area contributed by atoms with Gasteiger partial charge in [0.15, 0.2) is 5.16 Å². The molecule has 0 aliphatic heterocycles. The minimum absolute atomic E-state index is 0.0828. The van der Waals surface area contributed by atoms with Gasteiger partial charge in [0.2, 0.25) is 0 Å². The molecule has 112 valence electrons. The second-order valence-electron chi connectivity index (χ2n) is 4.67. The molecular weight excluding hydrogens is 334 g/mol. The van der Waals surface area contributed by atoms with Crippen LogP contribution in [0.15, 0.2) is 27.5 Å². The fourth-order valence-electron chi connectivity index (χ4n) is 2.21. The molecule has 0 saturated carbocycles. The average molecular weight is 347 g/mol. The summed E-state index contributed by atoms with van der Waals surface area (Å²) in [5.41, 5.74) is 0.922. The zero-order chi connectivity index (χ0) is 15.5. The second kappa shape index (κ2) is 6.65. The van der Waals surface area contributed by atoms with Crippen molar-refractivity contribution in [2.75, 3.05) is 5.75 Å². The van der Waals surface area contributed by atoms with E-state index < -0.39 is 0 Å². The third-order valence-corrected chi connectivity index (χ3v) is 6.00. The van der Waals surface area contributed by atoms with Crippen molar-refractivity contribution in [3.05, 3.63) is 32.7 Å². The molecule has 0 atom stereocenters. The second-order valence-corrected chi connectivity index (χ2v) is 7.91. The molecule has 22 heavy (non-hydrogen) atoms. The fraction of sp³-hybridized carbons (Fsp3) is 0.267. The average Bonchev–Trinajstić information content (AvgIpc) is 3.10. The number of aromatic amines is 1. The van der Waals surface area contributed by atoms with Crippen molar-refractivity contribution >= 4 is 44.7 Å². The minimum atomic E-state index is -0.0828. The highest BCUT2D eigenvalue weighted by Gasteiger charge is 2.17. The fourth-order valence-corrected chi connectivity index (χ4v) is 5.00. The Balaban J connectivity index is 1.99. The number of hydrogen-bond donors (Lipinski definition) is 1. The van der Waals surface area contributed by atoms with Gasteiger partial charge in [0.1, 0.15) is 4.83 Å². The number of nitriles is 1. The Morgan fingerprint density at radius 2 is 2.36 bits per heavy atom. The van der Waals surface area contributed by atoms with E-state index in [9.17, 15) is 4.79 Å². The lowest BCUT2D eigenvalue weighted by molar-refractivity contribution is 0.951. The van der Waals surface area contributed by atoms with Crippen LogP contribution in [0.1, 0.15) is 17.7 Å². The molecule has 0 saturated heterocycles. The van der Waals surface area contributed by atoms with Gasteiger partial charge in [-0.25, -0.2) is 4.98 Å². The smallest absolute Gasteiger partial charge is 0.260 e. The van der Waals surface area contributed by atoms with Crippen LogP contribution in [-0.4, -0.2) is 15.7 Å². The summed E-state index contributed by atoms with van der Waals surface area (Å²) < 4.78 is 0. The van der Waals surface area contributed by atoms with Gasteiger partial charge in [-0.3, -0.25) is 4.79 Å². The van der Waals surface area contributed by atoms with Crippen LogP contribution in [-0.2, 0) is 0 Å². The summed E-state index contributed by atoms with van der Waals surface area (Å²) in [5, 5.41) is 11.9. The highest BCUT2D eigenvalue weighted by Crippen LogP contribution is 2.38. The largest absolute Gasteiger partial charge is 0.301 e. The number of thioether (sulfide) groups is 1. The lowest BCUT2D eigenvalue weighted by Crippen LogP contribution is -2.08. The van der Waals surface area contributed by atoms with Crippen molar-refractivity contribution in [1.82, 2.24) is 9.97 Å². The van der Waals surface area contributed by atoms with E-state index in [-0.39, 0.29) is 5.56 Å². The number of aryl methyl sites for hydroxylation is 1. The van der Waals surface area contributed by atoms with Crippen molar-refractivity contribution in [3.8, 4) is 16.5 Å². The van der Waals surface area contributed by atoms with E-state index in [1.807, 2.05) is 24.4 Å². The summed E-state index contributed by atoms with van der Waals surface area (Å²) >= 11 is 4.68. The molecule has 0 fully saturated rings. The maximum absolute atomic E-state index is 12.5. The Kier molecular flexibility index (Phi) is 4.62. The molecule has 0 aliphatic rings. The molecule has 3 heterocycles. The first-order valence-corrected chi connectivity index (χ1v) is 9.46. The summed E-state index contributed by atoms with van der Waals surface area (Å²) in [6.45, 7) is 2.03. The molecule has 0 amide bonds. The minimum Gasteiger partial charge on any atom is -0.301 e. The zero-order valence-electron chi connectivity index (χ0n) is 11.9. The normalized spacial score (nSPS) is 10.9. The standard InChI is InChI=1S/C15H13N3OS3/c1-9-11(10-5-4-8-20-10)12-13(19)17-15(18-14(12)22-9)21-7-3-2-6-16/h4-5,8H,2-3,7H2,1H3,(H,17,18,19). The van der Waals surface area contributed by atoms with Gasteiger partial charge in [-0.05, 0) is 24.8 Å². The van der Waals surface area contributed by atoms with Crippen molar-refractivity contribution in [2.45, 2.75) is 24.9 Å². The molecule has 0 unspecified atom stereocenters. The van der Waals surface area contributed by atoms with E-state index in [1.54, 1.807) is 22.7 Å². The molecule has 4 nitrogen and oxygen atoms in total. The predicted molar refractivity (Wildman–Crippen MR) is 93.9 cm³/mol. The number of unbranched alkanes of at least 4 members (excludes halogenated alkanes) is 1. The molecule has 0 aromatic carbocycles. The summed E-state index contributed by atoms with van der Waals surface area (Å²) in [4.78, 5) is 22.9. The van der Waals surface area contributed by atoms with Crippen molar-refractivity contribution in [1.29, 1.82) is 5.26 Å². The van der Waals surface area contributed by atoms with E-state index in [1.165, 1.54) is 11.8 Å². The summed E-state index contributed by atoms with van der Waals surface area (Å²) in [5.74, 6) is 0.782. The third-order valence-electron chi connectivity index (χ3n) is 3.16. The Morgan fingerprint density at radius 3 is 3.09 bits per heavy atom. The Labute approximate surface area is 139 Å². The Hall–Kier alpha value is -1.62. The van der Waals surface area contributed by atoms with Crippen molar-refractivity contribution in [2.24, 2.45) is 0 Å². The van der Waals surface area contributed by atoms with Crippen molar-refractivity contribution in [3.63, 3.8) is 0 Å². The Bertz CT molecular complexity index is 887.